The standard InChI is InChI=1S/C9H12BrClN2/c1-5(12)9(13)7-4-6(11)2-3-8(7)10/h2-5,9H,12-13H2,1H3. The van der Waals surface area contributed by atoms with Crippen LogP contribution < -0.4 is 11.5 Å². The largest absolute Gasteiger partial charge is 0.326 e. The van der Waals surface area contributed by atoms with E-state index in [1.54, 1.807) is 0 Å². The molecule has 0 bridgehead atoms. The molecule has 0 heterocycles. The molecular formula is C9H12BrClN2. The van der Waals surface area contributed by atoms with Gasteiger partial charge in [0.2, 0.25) is 0 Å². The molecular weight excluding hydrogens is 251 g/mol. The first kappa shape index (κ1) is 11.0. The van der Waals surface area contributed by atoms with Crippen LogP contribution in [0.15, 0.2) is 22.7 Å². The summed E-state index contributed by atoms with van der Waals surface area (Å²) in [5, 5.41) is 0.675. The van der Waals surface area contributed by atoms with Gasteiger partial charge in [0.25, 0.3) is 0 Å². The second-order valence-corrected chi connectivity index (χ2v) is 4.34. The van der Waals surface area contributed by atoms with Gasteiger partial charge in [-0.25, -0.2) is 0 Å². The van der Waals surface area contributed by atoms with Crippen molar-refractivity contribution in [2.75, 3.05) is 0 Å². The minimum Gasteiger partial charge on any atom is -0.326 e. The molecule has 0 radical (unpaired) electrons. The van der Waals surface area contributed by atoms with E-state index in [-0.39, 0.29) is 12.1 Å². The van der Waals surface area contributed by atoms with Crippen LogP contribution in [0.25, 0.3) is 0 Å². The van der Waals surface area contributed by atoms with Crippen molar-refractivity contribution >= 4 is 27.5 Å². The van der Waals surface area contributed by atoms with Gasteiger partial charge < -0.3 is 11.5 Å². The number of hydrogen-bond acceptors (Lipinski definition) is 2. The van der Waals surface area contributed by atoms with E-state index in [0.717, 1.165) is 10.0 Å². The maximum atomic E-state index is 5.89. The Morgan fingerprint density at radius 1 is 1.38 bits per heavy atom. The lowest BCUT2D eigenvalue weighted by atomic mass is 10.0. The Morgan fingerprint density at radius 2 is 2.00 bits per heavy atom. The highest BCUT2D eigenvalue weighted by atomic mass is 79.9. The highest BCUT2D eigenvalue weighted by molar-refractivity contribution is 9.10. The first-order chi connectivity index (χ1) is 6.02. The van der Waals surface area contributed by atoms with Crippen LogP contribution in [0.2, 0.25) is 5.02 Å². The molecule has 2 nitrogen and oxygen atoms in total. The Balaban J connectivity index is 3.05. The van der Waals surface area contributed by atoms with Crippen LogP contribution in [0.3, 0.4) is 0 Å². The molecule has 0 aliphatic rings. The molecule has 0 saturated heterocycles. The zero-order valence-electron chi connectivity index (χ0n) is 7.30. The second kappa shape index (κ2) is 4.42. The molecule has 0 aliphatic carbocycles. The SMILES string of the molecule is CC(N)C(N)c1cc(Cl)ccc1Br. The lowest BCUT2D eigenvalue weighted by molar-refractivity contribution is 0.587. The molecule has 0 aromatic heterocycles. The number of benzene rings is 1. The summed E-state index contributed by atoms with van der Waals surface area (Å²) in [6, 6.07) is 5.24. The molecule has 4 heteroatoms. The van der Waals surface area contributed by atoms with Crippen LogP contribution in [-0.2, 0) is 0 Å². The lowest BCUT2D eigenvalue weighted by Crippen LogP contribution is -2.31. The van der Waals surface area contributed by atoms with Crippen LogP contribution in [0.5, 0.6) is 0 Å². The van der Waals surface area contributed by atoms with Crippen molar-refractivity contribution in [2.45, 2.75) is 19.0 Å². The quantitative estimate of drug-likeness (QED) is 0.861. The maximum Gasteiger partial charge on any atom is 0.0457 e. The summed E-state index contributed by atoms with van der Waals surface area (Å²) in [7, 11) is 0. The van der Waals surface area contributed by atoms with Crippen LogP contribution in [0.4, 0.5) is 0 Å². The molecule has 2 atom stereocenters. The highest BCUT2D eigenvalue weighted by Gasteiger charge is 2.13. The van der Waals surface area contributed by atoms with Crippen molar-refractivity contribution < 1.29 is 0 Å². The number of nitrogens with two attached hydrogens (primary N) is 2. The van der Waals surface area contributed by atoms with Gasteiger partial charge in [0.05, 0.1) is 0 Å². The van der Waals surface area contributed by atoms with Gasteiger partial charge in [0.15, 0.2) is 0 Å². The minimum atomic E-state index is -0.187. The summed E-state index contributed by atoms with van der Waals surface area (Å²) < 4.78 is 0.946. The zero-order chi connectivity index (χ0) is 10.0. The molecule has 0 saturated carbocycles. The molecule has 0 amide bonds. The van der Waals surface area contributed by atoms with E-state index in [4.69, 9.17) is 23.1 Å². The van der Waals surface area contributed by atoms with E-state index in [9.17, 15) is 0 Å². The topological polar surface area (TPSA) is 52.0 Å². The lowest BCUT2D eigenvalue weighted by Gasteiger charge is -2.17. The molecule has 0 fully saturated rings. The Bertz CT molecular complexity index is 302. The van der Waals surface area contributed by atoms with Gasteiger partial charge in [-0.15, -0.1) is 0 Å². The molecule has 0 spiro atoms. The Labute approximate surface area is 91.4 Å². The molecule has 72 valence electrons. The number of halogens is 2. The Kier molecular flexibility index (Phi) is 3.74. The van der Waals surface area contributed by atoms with E-state index in [0.29, 0.717) is 5.02 Å². The minimum absolute atomic E-state index is 0.0882. The first-order valence-corrected chi connectivity index (χ1v) is 5.15. The van der Waals surface area contributed by atoms with Gasteiger partial charge in [-0.3, -0.25) is 0 Å². The Morgan fingerprint density at radius 3 is 2.54 bits per heavy atom. The van der Waals surface area contributed by atoms with E-state index in [2.05, 4.69) is 15.9 Å². The third-order valence-corrected chi connectivity index (χ3v) is 2.84. The van der Waals surface area contributed by atoms with Crippen LogP contribution in [-0.4, -0.2) is 6.04 Å². The van der Waals surface area contributed by atoms with Crippen molar-refractivity contribution in [1.82, 2.24) is 0 Å². The predicted octanol–water partition coefficient (Wildman–Crippen LogP) is 2.45. The van der Waals surface area contributed by atoms with Crippen LogP contribution in [0.1, 0.15) is 18.5 Å². The van der Waals surface area contributed by atoms with Gasteiger partial charge in [-0.2, -0.15) is 0 Å². The molecule has 1 aromatic rings. The average molecular weight is 264 g/mol. The maximum absolute atomic E-state index is 5.89. The summed E-state index contributed by atoms with van der Waals surface area (Å²) in [5.41, 5.74) is 12.5. The van der Waals surface area contributed by atoms with Gasteiger partial charge in [0.1, 0.15) is 0 Å². The highest BCUT2D eigenvalue weighted by Crippen LogP contribution is 2.26. The third-order valence-electron chi connectivity index (χ3n) is 1.88. The monoisotopic (exact) mass is 262 g/mol. The predicted molar refractivity (Wildman–Crippen MR) is 59.7 cm³/mol. The normalized spacial score (nSPS) is 15.5. The number of rotatable bonds is 2. The zero-order valence-corrected chi connectivity index (χ0v) is 9.64. The van der Waals surface area contributed by atoms with Crippen molar-refractivity contribution in [3.05, 3.63) is 33.3 Å². The molecule has 1 rings (SSSR count). The summed E-state index contributed by atoms with van der Waals surface area (Å²) >= 11 is 9.25. The van der Waals surface area contributed by atoms with E-state index >= 15 is 0 Å². The molecule has 13 heavy (non-hydrogen) atoms. The summed E-state index contributed by atoms with van der Waals surface area (Å²) in [5.74, 6) is 0. The second-order valence-electron chi connectivity index (χ2n) is 3.05. The van der Waals surface area contributed by atoms with Crippen molar-refractivity contribution in [3.8, 4) is 0 Å². The number of hydrogen-bond donors (Lipinski definition) is 2. The Hall–Kier alpha value is -0.0900. The molecule has 1 aromatic carbocycles. The summed E-state index contributed by atoms with van der Waals surface area (Å²) in [4.78, 5) is 0. The van der Waals surface area contributed by atoms with Crippen LogP contribution >= 0.6 is 27.5 Å². The van der Waals surface area contributed by atoms with E-state index < -0.39 is 0 Å². The van der Waals surface area contributed by atoms with Crippen LogP contribution in [0, 0.1) is 0 Å². The summed E-state index contributed by atoms with van der Waals surface area (Å²) in [6.45, 7) is 1.87. The van der Waals surface area contributed by atoms with Crippen molar-refractivity contribution in [1.29, 1.82) is 0 Å². The fraction of sp³-hybridized carbons (Fsp3) is 0.333. The van der Waals surface area contributed by atoms with Gasteiger partial charge >= 0.3 is 0 Å². The van der Waals surface area contributed by atoms with Gasteiger partial charge in [-0.1, -0.05) is 27.5 Å². The van der Waals surface area contributed by atoms with E-state index in [1.165, 1.54) is 0 Å². The van der Waals surface area contributed by atoms with E-state index in [1.807, 2.05) is 25.1 Å². The van der Waals surface area contributed by atoms with Gasteiger partial charge in [-0.05, 0) is 30.7 Å². The smallest absolute Gasteiger partial charge is 0.0457 e. The van der Waals surface area contributed by atoms with Gasteiger partial charge in [0, 0.05) is 21.6 Å². The molecule has 4 N–H and O–H groups in total. The average Bonchev–Trinajstić information content (AvgIpc) is 2.08. The van der Waals surface area contributed by atoms with Crippen molar-refractivity contribution in [3.63, 3.8) is 0 Å². The first-order valence-electron chi connectivity index (χ1n) is 3.98. The van der Waals surface area contributed by atoms with Crippen molar-refractivity contribution in [2.24, 2.45) is 11.5 Å². The fourth-order valence-electron chi connectivity index (χ4n) is 1.05. The third kappa shape index (κ3) is 2.68. The summed E-state index contributed by atoms with van der Waals surface area (Å²) in [6.07, 6.45) is 0. The molecule has 2 unspecified atom stereocenters. The molecule has 0 aliphatic heterocycles. The fourth-order valence-corrected chi connectivity index (χ4v) is 1.74.